The molecule has 1 heterocycles. The topological polar surface area (TPSA) is 76.8 Å². The zero-order chi connectivity index (χ0) is 19.1. The zero-order valence-corrected chi connectivity index (χ0v) is 15.2. The van der Waals surface area contributed by atoms with Crippen molar-refractivity contribution in [1.82, 2.24) is 15.6 Å². The molecule has 3 rings (SSSR count). The fourth-order valence-corrected chi connectivity index (χ4v) is 2.30. The summed E-state index contributed by atoms with van der Waals surface area (Å²) >= 11 is 0. The molecule has 7 nitrogen and oxygen atoms in total. The maximum absolute atomic E-state index is 11.6. The van der Waals surface area contributed by atoms with Crippen LogP contribution in [0.1, 0.15) is 11.3 Å². The lowest BCUT2D eigenvalue weighted by Gasteiger charge is -2.13. The molecule has 1 N–H and O–H groups in total. The second-order valence-electron chi connectivity index (χ2n) is 5.81. The lowest BCUT2D eigenvalue weighted by molar-refractivity contribution is 0.0840. The van der Waals surface area contributed by atoms with E-state index >= 15 is 0 Å². The van der Waals surface area contributed by atoms with Crippen molar-refractivity contribution in [2.45, 2.75) is 13.2 Å². The average molecular weight is 367 g/mol. The van der Waals surface area contributed by atoms with Crippen LogP contribution in [0.15, 0.2) is 65.2 Å². The Bertz CT molecular complexity index is 862. The lowest BCUT2D eigenvalue weighted by atomic mass is 10.1. The van der Waals surface area contributed by atoms with Crippen LogP contribution in [0.5, 0.6) is 5.75 Å². The van der Waals surface area contributed by atoms with E-state index in [0.717, 1.165) is 16.9 Å². The Balaban J connectivity index is 1.56. The molecule has 0 aliphatic carbocycles. The van der Waals surface area contributed by atoms with Crippen molar-refractivity contribution < 1.29 is 18.8 Å². The summed E-state index contributed by atoms with van der Waals surface area (Å²) in [5, 5.41) is 5.24. The van der Waals surface area contributed by atoms with Crippen molar-refractivity contribution in [3.8, 4) is 17.0 Å². The molecule has 0 fully saturated rings. The molecule has 0 saturated heterocycles. The molecule has 27 heavy (non-hydrogen) atoms. The first kappa shape index (κ1) is 18.5. The van der Waals surface area contributed by atoms with Gasteiger partial charge in [-0.25, -0.2) is 15.2 Å². The summed E-state index contributed by atoms with van der Waals surface area (Å²) in [7, 11) is 3.19. The van der Waals surface area contributed by atoms with Gasteiger partial charge < -0.3 is 14.0 Å². The van der Waals surface area contributed by atoms with Crippen LogP contribution in [-0.2, 0) is 18.0 Å². The van der Waals surface area contributed by atoms with Gasteiger partial charge >= 0.3 is 6.09 Å². The first-order valence-electron chi connectivity index (χ1n) is 8.46. The number of carbonyl (C=O) groups excluding carboxylic acids is 1. The monoisotopic (exact) mass is 367 g/mol. The van der Waals surface area contributed by atoms with E-state index < -0.39 is 6.09 Å². The van der Waals surface area contributed by atoms with Gasteiger partial charge in [0, 0.05) is 25.7 Å². The van der Waals surface area contributed by atoms with Crippen LogP contribution in [0.2, 0.25) is 0 Å². The van der Waals surface area contributed by atoms with Crippen LogP contribution in [0, 0.1) is 0 Å². The highest BCUT2D eigenvalue weighted by Gasteiger charge is 2.12. The van der Waals surface area contributed by atoms with Crippen LogP contribution >= 0.6 is 0 Å². The number of ether oxygens (including phenoxy) is 2. The largest absolute Gasteiger partial charge is 0.489 e. The lowest BCUT2D eigenvalue weighted by Crippen LogP contribution is -2.37. The van der Waals surface area contributed by atoms with Crippen LogP contribution in [0.4, 0.5) is 4.79 Å². The molecule has 2 aromatic carbocycles. The van der Waals surface area contributed by atoms with Crippen molar-refractivity contribution in [2.24, 2.45) is 0 Å². The number of rotatable bonds is 7. The molecule has 0 aliphatic rings. The van der Waals surface area contributed by atoms with Crippen molar-refractivity contribution in [1.29, 1.82) is 0 Å². The SMILES string of the molecule is CNN(C)C(=O)OCc1cc(-c2ccc(OCc3ccccc3)cc2)no1. The third kappa shape index (κ3) is 5.08. The molecule has 0 atom stereocenters. The minimum Gasteiger partial charge on any atom is -0.489 e. The number of hydrogen-bond acceptors (Lipinski definition) is 6. The average Bonchev–Trinajstić information content (AvgIpc) is 3.20. The second kappa shape index (κ2) is 8.86. The van der Waals surface area contributed by atoms with Crippen LogP contribution in [0.25, 0.3) is 11.3 Å². The molecule has 0 saturated carbocycles. The van der Waals surface area contributed by atoms with Crippen LogP contribution in [0.3, 0.4) is 0 Å². The van der Waals surface area contributed by atoms with Crippen LogP contribution in [-0.4, -0.2) is 30.4 Å². The van der Waals surface area contributed by atoms with Crippen molar-refractivity contribution in [3.63, 3.8) is 0 Å². The molecule has 0 unspecified atom stereocenters. The Morgan fingerprint density at radius 2 is 1.85 bits per heavy atom. The van der Waals surface area contributed by atoms with Gasteiger partial charge in [0.15, 0.2) is 12.4 Å². The van der Waals surface area contributed by atoms with E-state index in [9.17, 15) is 4.79 Å². The van der Waals surface area contributed by atoms with Crippen LogP contribution < -0.4 is 10.2 Å². The summed E-state index contributed by atoms with van der Waals surface area (Å²) in [5.41, 5.74) is 5.32. The maximum Gasteiger partial charge on any atom is 0.424 e. The Morgan fingerprint density at radius 1 is 1.11 bits per heavy atom. The number of hydrazine groups is 1. The summed E-state index contributed by atoms with van der Waals surface area (Å²) < 4.78 is 16.1. The summed E-state index contributed by atoms with van der Waals surface area (Å²) in [4.78, 5) is 11.6. The standard InChI is InChI=1S/C20H21N3O4/c1-21-23(2)20(24)26-14-18-12-19(22-27-18)16-8-10-17(11-9-16)25-13-15-6-4-3-5-7-15/h3-12,21H,13-14H2,1-2H3. The van der Waals surface area contributed by atoms with E-state index in [-0.39, 0.29) is 6.61 Å². The van der Waals surface area contributed by atoms with E-state index in [2.05, 4.69) is 10.6 Å². The molecule has 0 aliphatic heterocycles. The summed E-state index contributed by atoms with van der Waals surface area (Å²) in [6.07, 6.45) is -0.504. The van der Waals surface area contributed by atoms with Gasteiger partial charge in [0.2, 0.25) is 0 Å². The van der Waals surface area contributed by atoms with Gasteiger partial charge in [-0.3, -0.25) is 0 Å². The number of nitrogens with zero attached hydrogens (tertiary/aromatic N) is 2. The Labute approximate surface area is 157 Å². The number of nitrogens with one attached hydrogen (secondary N) is 1. The van der Waals surface area contributed by atoms with Gasteiger partial charge in [0.25, 0.3) is 0 Å². The Kier molecular flexibility index (Phi) is 6.06. The fourth-order valence-electron chi connectivity index (χ4n) is 2.30. The predicted octanol–water partition coefficient (Wildman–Crippen LogP) is 3.62. The highest BCUT2D eigenvalue weighted by atomic mass is 16.6. The van der Waals surface area contributed by atoms with E-state index in [0.29, 0.717) is 18.1 Å². The van der Waals surface area contributed by atoms with Gasteiger partial charge in [0.1, 0.15) is 18.1 Å². The molecular formula is C20H21N3O4. The van der Waals surface area contributed by atoms with Crippen molar-refractivity contribution >= 4 is 6.09 Å². The smallest absolute Gasteiger partial charge is 0.424 e. The Hall–Kier alpha value is -3.32. The summed E-state index contributed by atoms with van der Waals surface area (Å²) in [6, 6.07) is 19.3. The Morgan fingerprint density at radius 3 is 2.56 bits per heavy atom. The first-order chi connectivity index (χ1) is 13.2. The number of benzene rings is 2. The molecule has 1 amide bonds. The van der Waals surface area contributed by atoms with Crippen molar-refractivity contribution in [3.05, 3.63) is 72.0 Å². The molecular weight excluding hydrogens is 346 g/mol. The molecule has 140 valence electrons. The summed E-state index contributed by atoms with van der Waals surface area (Å²) in [5.74, 6) is 1.24. The minimum atomic E-state index is -0.504. The van der Waals surface area contributed by atoms with E-state index in [4.69, 9.17) is 14.0 Å². The van der Waals surface area contributed by atoms with Gasteiger partial charge in [-0.05, 0) is 29.8 Å². The zero-order valence-electron chi connectivity index (χ0n) is 15.2. The fraction of sp³-hybridized carbons (Fsp3) is 0.200. The normalized spacial score (nSPS) is 10.4. The number of carbonyl (C=O) groups is 1. The number of aromatic nitrogens is 1. The quantitative estimate of drug-likeness (QED) is 0.643. The number of hydrogen-bond donors (Lipinski definition) is 1. The van der Waals surface area contributed by atoms with Gasteiger partial charge in [-0.15, -0.1) is 0 Å². The van der Waals surface area contributed by atoms with Gasteiger partial charge in [-0.2, -0.15) is 0 Å². The summed E-state index contributed by atoms with van der Waals surface area (Å²) in [6.45, 7) is 0.525. The predicted molar refractivity (Wildman–Crippen MR) is 99.7 cm³/mol. The van der Waals surface area contributed by atoms with E-state index in [1.807, 2.05) is 54.6 Å². The van der Waals surface area contributed by atoms with Gasteiger partial charge in [0.05, 0.1) is 0 Å². The highest BCUT2D eigenvalue weighted by Crippen LogP contribution is 2.23. The minimum absolute atomic E-state index is 0.0100. The molecule has 1 aromatic heterocycles. The third-order valence-electron chi connectivity index (χ3n) is 3.90. The van der Waals surface area contributed by atoms with Crippen molar-refractivity contribution in [2.75, 3.05) is 14.1 Å². The molecule has 0 spiro atoms. The van der Waals surface area contributed by atoms with E-state index in [1.165, 1.54) is 5.01 Å². The maximum atomic E-state index is 11.6. The number of amides is 1. The second-order valence-corrected chi connectivity index (χ2v) is 5.81. The molecule has 7 heteroatoms. The molecule has 0 bridgehead atoms. The molecule has 3 aromatic rings. The third-order valence-corrected chi connectivity index (χ3v) is 3.90. The highest BCUT2D eigenvalue weighted by molar-refractivity contribution is 5.66. The molecule has 0 radical (unpaired) electrons. The van der Waals surface area contributed by atoms with Gasteiger partial charge in [-0.1, -0.05) is 35.5 Å². The van der Waals surface area contributed by atoms with E-state index in [1.54, 1.807) is 20.2 Å². The first-order valence-corrected chi connectivity index (χ1v) is 8.46.